The predicted octanol–water partition coefficient (Wildman–Crippen LogP) is 7.05. The fourth-order valence-electron chi connectivity index (χ4n) is 5.39. The highest BCUT2D eigenvalue weighted by molar-refractivity contribution is 5.74. The van der Waals surface area contributed by atoms with Gasteiger partial charge in [0.2, 0.25) is 0 Å². The molecule has 8 nitrogen and oxygen atoms in total. The lowest BCUT2D eigenvalue weighted by molar-refractivity contribution is -0.388. The number of carbonyl (C=O) groups is 1. The summed E-state index contributed by atoms with van der Waals surface area (Å²) in [7, 11) is 0. The average Bonchev–Trinajstić information content (AvgIpc) is 2.91. The molecular formula is C30H42F3N5O3. The van der Waals surface area contributed by atoms with Crippen LogP contribution >= 0.6 is 0 Å². The second kappa shape index (κ2) is 13.0. The lowest BCUT2D eigenvalue weighted by atomic mass is 9.87. The van der Waals surface area contributed by atoms with Gasteiger partial charge in [0, 0.05) is 56.2 Å². The lowest BCUT2D eigenvalue weighted by Crippen LogP contribution is -2.48. The molecular weight excluding hydrogens is 535 g/mol. The Morgan fingerprint density at radius 2 is 1.59 bits per heavy atom. The van der Waals surface area contributed by atoms with E-state index in [9.17, 15) is 28.1 Å². The smallest absolute Gasteiger partial charge is 0.382 e. The Hall–Kier alpha value is -3.50. The first-order valence-electron chi connectivity index (χ1n) is 13.8. The summed E-state index contributed by atoms with van der Waals surface area (Å²) < 4.78 is 39.8. The van der Waals surface area contributed by atoms with Crippen LogP contribution in [0.4, 0.5) is 35.0 Å². The number of nitrogens with zero attached hydrogens (tertiary/aromatic N) is 3. The Labute approximate surface area is 240 Å². The zero-order valence-corrected chi connectivity index (χ0v) is 23.3. The monoisotopic (exact) mass is 577 g/mol. The van der Waals surface area contributed by atoms with Crippen molar-refractivity contribution in [3.63, 3.8) is 0 Å². The first-order chi connectivity index (χ1) is 18.8. The number of piperidine rings is 2. The van der Waals surface area contributed by atoms with Crippen molar-refractivity contribution < 1.29 is 22.9 Å². The zero-order valence-electron chi connectivity index (χ0n) is 23.3. The minimum atomic E-state index is -4.82. The Balaban J connectivity index is 0.00000462. The van der Waals surface area contributed by atoms with E-state index in [1.165, 1.54) is 17.3 Å². The number of urea groups is 1. The Bertz CT molecular complexity index is 1180. The Morgan fingerprint density at radius 3 is 2.12 bits per heavy atom. The number of amides is 2. The molecule has 2 aromatic carbocycles. The van der Waals surface area contributed by atoms with Gasteiger partial charge in [-0.3, -0.25) is 10.1 Å². The highest BCUT2D eigenvalue weighted by atomic mass is 19.4. The fraction of sp³-hybridized carbons (Fsp3) is 0.567. The standard InChI is InChI=1S/C29H38F3N5O3.CH4/c1-28(2,3)21-4-7-24(8-5-21)35-14-10-20(11-15-35)19-33-27(38)36-16-12-22(13-17-36)34-23-6-9-26(37(39)40)25(18-23)29(30,31)32;/h4-9,18,20,22,34H,10-17,19H2,1-3H3,(H,33,38);1H4. The number of rotatable bonds is 6. The molecule has 0 saturated carbocycles. The van der Waals surface area contributed by atoms with E-state index >= 15 is 0 Å². The molecule has 0 radical (unpaired) electrons. The molecule has 11 heteroatoms. The van der Waals surface area contributed by atoms with Crippen molar-refractivity contribution in [2.75, 3.05) is 42.9 Å². The molecule has 0 unspecified atom stereocenters. The number of halogens is 3. The maximum Gasteiger partial charge on any atom is 0.423 e. The van der Waals surface area contributed by atoms with E-state index in [1.54, 1.807) is 4.90 Å². The van der Waals surface area contributed by atoms with E-state index in [2.05, 4.69) is 60.6 Å². The molecule has 2 aromatic rings. The van der Waals surface area contributed by atoms with Crippen LogP contribution in [0.3, 0.4) is 0 Å². The molecule has 0 spiro atoms. The molecule has 0 atom stereocenters. The second-order valence-corrected chi connectivity index (χ2v) is 11.8. The predicted molar refractivity (Wildman–Crippen MR) is 157 cm³/mol. The number of anilines is 2. The summed E-state index contributed by atoms with van der Waals surface area (Å²) in [5.74, 6) is 0.415. The topological polar surface area (TPSA) is 90.8 Å². The normalized spacial score (nSPS) is 17.1. The number of hydrogen-bond donors (Lipinski definition) is 2. The number of alkyl halides is 3. The largest absolute Gasteiger partial charge is 0.423 e. The van der Waals surface area contributed by atoms with E-state index in [-0.39, 0.29) is 30.6 Å². The summed E-state index contributed by atoms with van der Waals surface area (Å²) in [5, 5.41) is 17.1. The third kappa shape index (κ3) is 8.27. The van der Waals surface area contributed by atoms with Crippen LogP contribution in [0.2, 0.25) is 0 Å². The van der Waals surface area contributed by atoms with Crippen LogP contribution in [0.1, 0.15) is 65.0 Å². The molecule has 0 aromatic heterocycles. The third-order valence-electron chi connectivity index (χ3n) is 7.91. The van der Waals surface area contributed by atoms with Crippen LogP contribution in [0.25, 0.3) is 0 Å². The molecule has 2 N–H and O–H groups in total. The van der Waals surface area contributed by atoms with Crippen molar-refractivity contribution in [2.45, 2.75) is 71.5 Å². The van der Waals surface area contributed by atoms with Crippen LogP contribution in [0.5, 0.6) is 0 Å². The van der Waals surface area contributed by atoms with Gasteiger partial charge < -0.3 is 20.4 Å². The molecule has 226 valence electrons. The van der Waals surface area contributed by atoms with Crippen molar-refractivity contribution >= 4 is 23.1 Å². The summed E-state index contributed by atoms with van der Waals surface area (Å²) in [6, 6.07) is 11.5. The van der Waals surface area contributed by atoms with Crippen LogP contribution in [0, 0.1) is 16.0 Å². The molecule has 2 amide bonds. The molecule has 0 bridgehead atoms. The van der Waals surface area contributed by atoms with E-state index in [4.69, 9.17) is 0 Å². The van der Waals surface area contributed by atoms with Crippen molar-refractivity contribution in [1.29, 1.82) is 0 Å². The number of carbonyl (C=O) groups excluding carboxylic acids is 1. The van der Waals surface area contributed by atoms with Gasteiger partial charge >= 0.3 is 12.2 Å². The van der Waals surface area contributed by atoms with Crippen molar-refractivity contribution in [1.82, 2.24) is 10.2 Å². The summed E-state index contributed by atoms with van der Waals surface area (Å²) in [6.07, 6.45) is -1.68. The SMILES string of the molecule is C.CC(C)(C)c1ccc(N2CCC(CNC(=O)N3CCC(Nc4ccc([N+](=O)[O-])c(C(F)(F)F)c4)CC3)CC2)cc1. The van der Waals surface area contributed by atoms with Gasteiger partial charge in [0.15, 0.2) is 0 Å². The van der Waals surface area contributed by atoms with Crippen molar-refractivity contribution in [3.05, 3.63) is 63.7 Å². The van der Waals surface area contributed by atoms with Gasteiger partial charge in [-0.05, 0) is 66.8 Å². The minimum Gasteiger partial charge on any atom is -0.382 e. The lowest BCUT2D eigenvalue weighted by Gasteiger charge is -2.35. The first-order valence-corrected chi connectivity index (χ1v) is 13.8. The van der Waals surface area contributed by atoms with E-state index < -0.39 is 22.4 Å². The zero-order chi connectivity index (χ0) is 29.1. The molecule has 2 fully saturated rings. The minimum absolute atomic E-state index is 0. The van der Waals surface area contributed by atoms with Crippen LogP contribution in [-0.4, -0.2) is 54.6 Å². The number of nitro benzene ring substituents is 1. The van der Waals surface area contributed by atoms with Crippen molar-refractivity contribution in [3.8, 4) is 0 Å². The van der Waals surface area contributed by atoms with Crippen LogP contribution < -0.4 is 15.5 Å². The Morgan fingerprint density at radius 1 is 0.976 bits per heavy atom. The van der Waals surface area contributed by atoms with E-state index in [0.717, 1.165) is 38.1 Å². The maximum absolute atomic E-state index is 13.3. The fourth-order valence-corrected chi connectivity index (χ4v) is 5.39. The Kier molecular flexibility index (Phi) is 10.1. The quantitative estimate of drug-likeness (QED) is 0.284. The molecule has 4 rings (SSSR count). The molecule has 2 aliphatic heterocycles. The van der Waals surface area contributed by atoms with Crippen LogP contribution in [-0.2, 0) is 11.6 Å². The molecule has 2 heterocycles. The highest BCUT2D eigenvalue weighted by Crippen LogP contribution is 2.38. The van der Waals surface area contributed by atoms with Gasteiger partial charge in [-0.2, -0.15) is 13.2 Å². The van der Waals surface area contributed by atoms with E-state index in [1.807, 2.05) is 0 Å². The summed E-state index contributed by atoms with van der Waals surface area (Å²) in [5.41, 5.74) is 0.611. The van der Waals surface area contributed by atoms with E-state index in [0.29, 0.717) is 38.4 Å². The molecule has 2 saturated heterocycles. The number of nitro groups is 1. The van der Waals surface area contributed by atoms with Crippen molar-refractivity contribution in [2.24, 2.45) is 5.92 Å². The van der Waals surface area contributed by atoms with Gasteiger partial charge in [0.1, 0.15) is 5.56 Å². The highest BCUT2D eigenvalue weighted by Gasteiger charge is 2.38. The first kappa shape index (κ1) is 32.0. The third-order valence-corrected chi connectivity index (χ3v) is 7.91. The average molecular weight is 578 g/mol. The number of likely N-dealkylation sites (tertiary alicyclic amines) is 1. The summed E-state index contributed by atoms with van der Waals surface area (Å²) in [4.78, 5) is 26.8. The number of nitrogens with one attached hydrogen (secondary N) is 2. The summed E-state index contributed by atoms with van der Waals surface area (Å²) in [6.45, 7) is 10.1. The molecule has 41 heavy (non-hydrogen) atoms. The number of benzene rings is 2. The van der Waals surface area contributed by atoms with Gasteiger partial charge in [-0.1, -0.05) is 40.3 Å². The molecule has 0 aliphatic carbocycles. The van der Waals surface area contributed by atoms with Gasteiger partial charge in [-0.15, -0.1) is 0 Å². The van der Waals surface area contributed by atoms with Gasteiger partial charge in [0.05, 0.1) is 4.92 Å². The molecule has 2 aliphatic rings. The summed E-state index contributed by atoms with van der Waals surface area (Å²) >= 11 is 0. The van der Waals surface area contributed by atoms with Gasteiger partial charge in [0.25, 0.3) is 5.69 Å². The second-order valence-electron chi connectivity index (χ2n) is 11.8. The van der Waals surface area contributed by atoms with Gasteiger partial charge in [-0.25, -0.2) is 4.79 Å². The van der Waals surface area contributed by atoms with Crippen LogP contribution in [0.15, 0.2) is 42.5 Å². The maximum atomic E-state index is 13.3. The number of hydrogen-bond acceptors (Lipinski definition) is 5.